The zero-order valence-electron chi connectivity index (χ0n) is 9.49. The Morgan fingerprint density at radius 3 is 2.94 bits per heavy atom. The summed E-state index contributed by atoms with van der Waals surface area (Å²) in [6, 6.07) is 0. The fourth-order valence-electron chi connectivity index (χ4n) is 1.14. The van der Waals surface area contributed by atoms with Gasteiger partial charge in [0, 0.05) is 13.0 Å². The van der Waals surface area contributed by atoms with Crippen LogP contribution in [0.15, 0.2) is 6.33 Å². The van der Waals surface area contributed by atoms with Crippen molar-refractivity contribution in [3.8, 4) is 24.0 Å². The summed E-state index contributed by atoms with van der Waals surface area (Å²) in [5.41, 5.74) is 0. The maximum Gasteiger partial charge on any atom is 0.262 e. The van der Waals surface area contributed by atoms with Crippen LogP contribution in [0.1, 0.15) is 13.3 Å². The highest BCUT2D eigenvalue weighted by Crippen LogP contribution is 2.30. The summed E-state index contributed by atoms with van der Waals surface area (Å²) in [6.45, 7) is 3.13. The lowest BCUT2D eigenvalue weighted by Gasteiger charge is -2.11. The molecule has 0 aromatic carbocycles. The first-order valence-electron chi connectivity index (χ1n) is 5.02. The van der Waals surface area contributed by atoms with Gasteiger partial charge in [-0.15, -0.1) is 12.3 Å². The minimum Gasteiger partial charge on any atom is -0.489 e. The Hall–Kier alpha value is -1.96. The molecule has 0 atom stereocenters. The Labute approximate surface area is 95.2 Å². The molecule has 0 aliphatic rings. The van der Waals surface area contributed by atoms with Gasteiger partial charge in [0.1, 0.15) is 12.9 Å². The molecule has 0 unspecified atom stereocenters. The average Bonchev–Trinajstić information content (AvgIpc) is 2.30. The van der Waals surface area contributed by atoms with Gasteiger partial charge in [-0.3, -0.25) is 0 Å². The number of methoxy groups -OCH3 is 1. The molecule has 0 fully saturated rings. The molecule has 16 heavy (non-hydrogen) atoms. The van der Waals surface area contributed by atoms with Crippen LogP contribution in [0.2, 0.25) is 0 Å². The lowest BCUT2D eigenvalue weighted by Crippen LogP contribution is -2.06. The predicted octanol–water partition coefficient (Wildman–Crippen LogP) is 1.32. The molecule has 1 aromatic rings. The summed E-state index contributed by atoms with van der Waals surface area (Å²) in [5, 5.41) is 3.06. The van der Waals surface area contributed by atoms with Gasteiger partial charge in [-0.2, -0.15) is 4.98 Å². The van der Waals surface area contributed by atoms with Gasteiger partial charge >= 0.3 is 0 Å². The van der Waals surface area contributed by atoms with Crippen LogP contribution >= 0.6 is 0 Å². The van der Waals surface area contributed by atoms with E-state index in [1.54, 1.807) is 7.11 Å². The molecule has 1 N–H and O–H groups in total. The van der Waals surface area contributed by atoms with Crippen molar-refractivity contribution in [1.82, 2.24) is 9.97 Å². The lowest BCUT2D eigenvalue weighted by atomic mass is 10.4. The van der Waals surface area contributed by atoms with E-state index in [4.69, 9.17) is 15.9 Å². The number of ether oxygens (including phenoxy) is 2. The number of aromatic nitrogens is 2. The quantitative estimate of drug-likeness (QED) is 0.580. The molecular weight excluding hydrogens is 206 g/mol. The summed E-state index contributed by atoms with van der Waals surface area (Å²) in [6.07, 6.45) is 7.09. The monoisotopic (exact) mass is 221 g/mol. The van der Waals surface area contributed by atoms with Crippen molar-refractivity contribution in [3.63, 3.8) is 0 Å². The molecule has 5 nitrogen and oxygen atoms in total. The van der Waals surface area contributed by atoms with Gasteiger partial charge in [-0.05, 0) is 6.92 Å². The molecule has 5 heteroatoms. The van der Waals surface area contributed by atoms with E-state index in [1.807, 2.05) is 6.92 Å². The number of hydrogen-bond donors (Lipinski definition) is 1. The third-order valence-electron chi connectivity index (χ3n) is 1.80. The van der Waals surface area contributed by atoms with Crippen LogP contribution < -0.4 is 14.8 Å². The van der Waals surface area contributed by atoms with Crippen molar-refractivity contribution in [2.75, 3.05) is 25.6 Å². The Kier molecular flexibility index (Phi) is 4.93. The number of hydrogen-bond acceptors (Lipinski definition) is 5. The van der Waals surface area contributed by atoms with Gasteiger partial charge in [0.2, 0.25) is 5.75 Å². The topological polar surface area (TPSA) is 56.3 Å². The Morgan fingerprint density at radius 2 is 2.31 bits per heavy atom. The summed E-state index contributed by atoms with van der Waals surface area (Å²) in [7, 11) is 1.55. The highest BCUT2D eigenvalue weighted by Gasteiger charge is 2.12. The number of nitrogens with zero attached hydrogens (tertiary/aromatic N) is 2. The first kappa shape index (κ1) is 12.1. The van der Waals surface area contributed by atoms with Gasteiger partial charge in [-0.1, -0.05) is 0 Å². The Bertz CT molecular complexity index is 374. The molecular formula is C11H15N3O2. The minimum atomic E-state index is 0.406. The van der Waals surface area contributed by atoms with Crippen LogP contribution in [0.3, 0.4) is 0 Å². The van der Waals surface area contributed by atoms with Gasteiger partial charge in [-0.25, -0.2) is 4.98 Å². The number of rotatable bonds is 6. The maximum atomic E-state index is 5.40. The van der Waals surface area contributed by atoms with E-state index >= 15 is 0 Å². The number of terminal acetylenes is 1. The van der Waals surface area contributed by atoms with Crippen LogP contribution in [-0.4, -0.2) is 30.2 Å². The van der Waals surface area contributed by atoms with Crippen LogP contribution in [-0.2, 0) is 0 Å². The smallest absolute Gasteiger partial charge is 0.262 e. The molecule has 0 aliphatic heterocycles. The summed E-state index contributed by atoms with van der Waals surface area (Å²) in [4.78, 5) is 8.06. The third-order valence-corrected chi connectivity index (χ3v) is 1.80. The summed E-state index contributed by atoms with van der Waals surface area (Å²) >= 11 is 0. The normalized spacial score (nSPS) is 9.31. The van der Waals surface area contributed by atoms with E-state index < -0.39 is 0 Å². The molecule has 0 bridgehead atoms. The number of nitrogens with one attached hydrogen (secondary N) is 1. The fourth-order valence-corrected chi connectivity index (χ4v) is 1.14. The highest BCUT2D eigenvalue weighted by molar-refractivity contribution is 5.54. The molecule has 0 spiro atoms. The van der Waals surface area contributed by atoms with Crippen molar-refractivity contribution >= 4 is 5.82 Å². The van der Waals surface area contributed by atoms with E-state index in [2.05, 4.69) is 21.2 Å². The molecule has 1 heterocycles. The summed E-state index contributed by atoms with van der Waals surface area (Å²) < 4.78 is 10.6. The van der Waals surface area contributed by atoms with Crippen molar-refractivity contribution < 1.29 is 9.47 Å². The molecule has 86 valence electrons. The average molecular weight is 221 g/mol. The van der Waals surface area contributed by atoms with Crippen LogP contribution in [0.25, 0.3) is 0 Å². The second-order valence-corrected chi connectivity index (χ2v) is 2.89. The van der Waals surface area contributed by atoms with Crippen LogP contribution in [0.4, 0.5) is 5.82 Å². The molecule has 0 saturated heterocycles. The maximum absolute atomic E-state index is 5.40. The molecule has 0 saturated carbocycles. The van der Waals surface area contributed by atoms with Gasteiger partial charge in [0.15, 0.2) is 5.82 Å². The minimum absolute atomic E-state index is 0.406. The van der Waals surface area contributed by atoms with E-state index in [1.165, 1.54) is 6.33 Å². The van der Waals surface area contributed by atoms with Crippen molar-refractivity contribution in [2.45, 2.75) is 13.3 Å². The van der Waals surface area contributed by atoms with E-state index in [0.29, 0.717) is 30.5 Å². The summed E-state index contributed by atoms with van der Waals surface area (Å²) in [5.74, 6) is 4.02. The Balaban J connectivity index is 2.82. The van der Waals surface area contributed by atoms with Crippen molar-refractivity contribution in [1.29, 1.82) is 0 Å². The largest absolute Gasteiger partial charge is 0.489 e. The first-order valence-corrected chi connectivity index (χ1v) is 5.02. The van der Waals surface area contributed by atoms with Gasteiger partial charge in [0.25, 0.3) is 5.88 Å². The van der Waals surface area contributed by atoms with Crippen LogP contribution in [0.5, 0.6) is 11.6 Å². The van der Waals surface area contributed by atoms with Gasteiger partial charge in [0.05, 0.1) is 7.11 Å². The lowest BCUT2D eigenvalue weighted by molar-refractivity contribution is 0.289. The van der Waals surface area contributed by atoms with Crippen molar-refractivity contribution in [2.24, 2.45) is 0 Å². The third kappa shape index (κ3) is 3.02. The van der Waals surface area contributed by atoms with E-state index in [0.717, 1.165) is 6.54 Å². The zero-order valence-corrected chi connectivity index (χ0v) is 9.49. The Morgan fingerprint density at radius 1 is 1.50 bits per heavy atom. The van der Waals surface area contributed by atoms with Crippen LogP contribution in [0, 0.1) is 12.3 Å². The van der Waals surface area contributed by atoms with E-state index in [-0.39, 0.29) is 0 Å². The standard InChI is InChI=1S/C11H15N3O2/c1-4-6-7-16-11-9(15-3)10(12-5-2)13-8-14-11/h1,8H,5-7H2,2-3H3,(H,12,13,14). The molecule has 0 amide bonds. The first-order chi connectivity index (χ1) is 7.83. The zero-order chi connectivity index (χ0) is 11.8. The molecule has 0 radical (unpaired) electrons. The van der Waals surface area contributed by atoms with Gasteiger partial charge < -0.3 is 14.8 Å². The second-order valence-electron chi connectivity index (χ2n) is 2.89. The molecule has 0 aliphatic carbocycles. The predicted molar refractivity (Wildman–Crippen MR) is 61.7 cm³/mol. The van der Waals surface area contributed by atoms with Crippen molar-refractivity contribution in [3.05, 3.63) is 6.33 Å². The number of anilines is 1. The molecule has 1 aromatic heterocycles. The second kappa shape index (κ2) is 6.51. The fraction of sp³-hybridized carbons (Fsp3) is 0.455. The SMILES string of the molecule is C#CCCOc1ncnc(NCC)c1OC. The van der Waals surface area contributed by atoms with E-state index in [9.17, 15) is 0 Å². The highest BCUT2D eigenvalue weighted by atomic mass is 16.5. The molecule has 1 rings (SSSR count).